The molecule has 0 N–H and O–H groups in total. The van der Waals surface area contributed by atoms with Crippen molar-refractivity contribution in [1.29, 1.82) is 0 Å². The summed E-state index contributed by atoms with van der Waals surface area (Å²) in [6.07, 6.45) is 38.9. The van der Waals surface area contributed by atoms with Crippen LogP contribution in [0, 0.1) is 0 Å². The van der Waals surface area contributed by atoms with Crippen molar-refractivity contribution in [3.05, 3.63) is 99.6 Å². The van der Waals surface area contributed by atoms with E-state index in [2.05, 4.69) is 88.4 Å². The van der Waals surface area contributed by atoms with Gasteiger partial charge in [0.15, 0.2) is 0 Å². The van der Waals surface area contributed by atoms with Crippen LogP contribution in [0.2, 0.25) is 0 Å². The normalized spacial score (nSPS) is 13.5. The van der Waals surface area contributed by atoms with E-state index in [1.807, 2.05) is 0 Å². The first-order valence-electron chi connectivity index (χ1n) is 21.5. The Morgan fingerprint density at radius 2 is 0.880 bits per heavy atom. The molecule has 2 aromatic rings. The molecule has 0 saturated carbocycles. The summed E-state index contributed by atoms with van der Waals surface area (Å²) in [6, 6.07) is 17.8. The van der Waals surface area contributed by atoms with Gasteiger partial charge >= 0.3 is 0 Å². The molecule has 2 heteroatoms. The molecule has 0 amide bonds. The Labute approximate surface area is 309 Å². The van der Waals surface area contributed by atoms with Crippen LogP contribution in [-0.4, -0.2) is 4.70 Å². The molecule has 3 rings (SSSR count). The van der Waals surface area contributed by atoms with Crippen molar-refractivity contribution in [3.8, 4) is 0 Å². The molecular weight excluding hydrogens is 605 g/mol. The molecule has 0 radical (unpaired) electrons. The Bertz CT molecular complexity index is 1290. The van der Waals surface area contributed by atoms with E-state index in [1.54, 1.807) is 0 Å². The van der Waals surface area contributed by atoms with Gasteiger partial charge in [0.2, 0.25) is 11.4 Å². The first kappa shape index (κ1) is 41.7. The highest BCUT2D eigenvalue weighted by atomic mass is 15.2. The fraction of sp³-hybridized carbons (Fsp3) is 0.625. The zero-order valence-corrected chi connectivity index (χ0v) is 33.1. The van der Waals surface area contributed by atoms with Crippen LogP contribution in [0.15, 0.2) is 71.8 Å². The molecule has 1 heterocycles. The Balaban J connectivity index is 1.49. The van der Waals surface area contributed by atoms with E-state index in [-0.39, 0.29) is 0 Å². The zero-order chi connectivity index (χ0) is 35.7. The highest BCUT2D eigenvalue weighted by Gasteiger charge is 2.34. The fourth-order valence-electron chi connectivity index (χ4n) is 7.46. The molecule has 2 aromatic carbocycles. The quantitative estimate of drug-likeness (QED) is 0.0604. The smallest absolute Gasteiger partial charge is 0.215 e. The second-order valence-corrected chi connectivity index (χ2v) is 15.1. The fourth-order valence-corrected chi connectivity index (χ4v) is 7.46. The van der Waals surface area contributed by atoms with Crippen molar-refractivity contribution in [2.75, 3.05) is 0 Å². The molecule has 0 saturated heterocycles. The van der Waals surface area contributed by atoms with Crippen LogP contribution in [-0.2, 0) is 12.8 Å². The van der Waals surface area contributed by atoms with Crippen LogP contribution in [0.3, 0.4) is 0 Å². The van der Waals surface area contributed by atoms with E-state index in [4.69, 9.17) is 0 Å². The predicted molar refractivity (Wildman–Crippen MR) is 220 cm³/mol. The summed E-state index contributed by atoms with van der Waals surface area (Å²) in [4.78, 5) is 0. The minimum Gasteiger partial charge on any atom is -0.493 e. The van der Waals surface area contributed by atoms with E-state index in [0.717, 1.165) is 61.0 Å². The second kappa shape index (κ2) is 26.1. The number of hydrogen-bond acceptors (Lipinski definition) is 0. The summed E-state index contributed by atoms with van der Waals surface area (Å²) in [7, 11) is 0. The molecule has 0 bridgehead atoms. The molecule has 0 atom stereocenters. The number of hydrogen-bond donors (Lipinski definition) is 0. The minimum atomic E-state index is 0.929. The summed E-state index contributed by atoms with van der Waals surface area (Å²) in [5, 5.41) is 0. The standard InChI is InChI=1S/C48H74N2/c1-5-9-12-13-14-15-16-17-18-19-20-21-22-23-24-25-26-27-28-29-32-46-45(31-11-7-3)47(44-39-35-42(36-40-44)30-10-6-2)50(49)48(46)43-37-33-41(8-4)34-38-43/h29,32-40H,5-28,30-31H2,1-4H3. The lowest BCUT2D eigenvalue weighted by molar-refractivity contribution is -0.345. The van der Waals surface area contributed by atoms with Crippen LogP contribution in [0.1, 0.15) is 204 Å². The summed E-state index contributed by atoms with van der Waals surface area (Å²) in [5.74, 6) is 0. The Morgan fingerprint density at radius 1 is 0.460 bits per heavy atom. The van der Waals surface area contributed by atoms with Gasteiger partial charge in [0.05, 0.1) is 5.57 Å². The van der Waals surface area contributed by atoms with E-state index >= 15 is 0 Å². The number of benzene rings is 2. The summed E-state index contributed by atoms with van der Waals surface area (Å²) < 4.78 is 1.50. The zero-order valence-electron chi connectivity index (χ0n) is 33.1. The Kier molecular flexibility index (Phi) is 21.8. The number of allylic oxidation sites excluding steroid dienone is 4. The Hall–Kier alpha value is -2.74. The Morgan fingerprint density at radius 3 is 1.36 bits per heavy atom. The number of nitrogens with zero attached hydrogens (tertiary/aromatic N) is 2. The molecule has 0 aliphatic carbocycles. The van der Waals surface area contributed by atoms with Gasteiger partial charge in [-0.3, -0.25) is 0 Å². The maximum absolute atomic E-state index is 11.9. The number of unbranched alkanes of at least 4 members (excludes halogenated alkanes) is 20. The topological polar surface area (TPSA) is 25.3 Å². The largest absolute Gasteiger partial charge is 0.493 e. The maximum Gasteiger partial charge on any atom is 0.215 e. The molecule has 0 fully saturated rings. The van der Waals surface area contributed by atoms with Crippen molar-refractivity contribution < 1.29 is 4.70 Å². The van der Waals surface area contributed by atoms with Gasteiger partial charge in [-0.15, -0.1) is 0 Å². The van der Waals surface area contributed by atoms with Gasteiger partial charge in [-0.25, -0.2) is 4.70 Å². The average Bonchev–Trinajstić information content (AvgIpc) is 3.42. The lowest BCUT2D eigenvalue weighted by Gasteiger charge is -2.10. The second-order valence-electron chi connectivity index (χ2n) is 15.1. The minimum absolute atomic E-state index is 0.929. The summed E-state index contributed by atoms with van der Waals surface area (Å²) in [5.41, 5.74) is 21.1. The van der Waals surface area contributed by atoms with Gasteiger partial charge in [0.25, 0.3) is 0 Å². The van der Waals surface area contributed by atoms with Crippen LogP contribution in [0.4, 0.5) is 0 Å². The molecule has 1 aliphatic heterocycles. The van der Waals surface area contributed by atoms with Gasteiger partial charge in [-0.2, -0.15) is 0 Å². The first-order chi connectivity index (χ1) is 24.6. The molecule has 0 unspecified atom stereocenters. The van der Waals surface area contributed by atoms with E-state index in [1.165, 1.54) is 155 Å². The van der Waals surface area contributed by atoms with Crippen LogP contribution in [0.25, 0.3) is 16.9 Å². The van der Waals surface area contributed by atoms with Crippen LogP contribution >= 0.6 is 0 Å². The SMILES string of the molecule is CCCCCCCCCCCCCCCCCCCCC=CC1=C(c2ccc(CC)cc2)[N+](=[N-])C(c2ccc(CCCC)cc2)=C1CCCC. The third-order valence-electron chi connectivity index (χ3n) is 10.8. The van der Waals surface area contributed by atoms with Crippen molar-refractivity contribution in [3.63, 3.8) is 0 Å². The highest BCUT2D eigenvalue weighted by molar-refractivity contribution is 5.84. The third-order valence-corrected chi connectivity index (χ3v) is 10.8. The van der Waals surface area contributed by atoms with Crippen molar-refractivity contribution >= 4 is 11.4 Å². The van der Waals surface area contributed by atoms with Gasteiger partial charge < -0.3 is 5.53 Å². The monoisotopic (exact) mass is 679 g/mol. The lowest BCUT2D eigenvalue weighted by Crippen LogP contribution is -2.02. The molecular formula is C48H74N2. The number of aryl methyl sites for hydroxylation is 2. The van der Waals surface area contributed by atoms with Crippen molar-refractivity contribution in [1.82, 2.24) is 0 Å². The van der Waals surface area contributed by atoms with Crippen LogP contribution in [0.5, 0.6) is 0 Å². The van der Waals surface area contributed by atoms with Gasteiger partial charge in [-0.05, 0) is 80.3 Å². The lowest BCUT2D eigenvalue weighted by atomic mass is 9.94. The van der Waals surface area contributed by atoms with Crippen molar-refractivity contribution in [2.45, 2.75) is 195 Å². The van der Waals surface area contributed by atoms with Gasteiger partial charge in [0.1, 0.15) is 0 Å². The van der Waals surface area contributed by atoms with Crippen LogP contribution < -0.4 is 0 Å². The summed E-state index contributed by atoms with van der Waals surface area (Å²) >= 11 is 0. The van der Waals surface area contributed by atoms with E-state index in [9.17, 15) is 5.53 Å². The maximum atomic E-state index is 11.9. The molecule has 50 heavy (non-hydrogen) atoms. The molecule has 0 spiro atoms. The predicted octanol–water partition coefficient (Wildman–Crippen LogP) is 15.9. The molecule has 1 aliphatic rings. The highest BCUT2D eigenvalue weighted by Crippen LogP contribution is 2.43. The third kappa shape index (κ3) is 14.9. The van der Waals surface area contributed by atoms with Crippen molar-refractivity contribution in [2.24, 2.45) is 0 Å². The molecule has 0 aromatic heterocycles. The average molecular weight is 679 g/mol. The first-order valence-corrected chi connectivity index (χ1v) is 21.5. The van der Waals surface area contributed by atoms with E-state index < -0.39 is 0 Å². The van der Waals surface area contributed by atoms with E-state index in [0.29, 0.717) is 0 Å². The molecule has 276 valence electrons. The summed E-state index contributed by atoms with van der Waals surface area (Å²) in [6.45, 7) is 9.01. The van der Waals surface area contributed by atoms with Gasteiger partial charge in [0, 0.05) is 16.7 Å². The van der Waals surface area contributed by atoms with Gasteiger partial charge in [-0.1, -0.05) is 186 Å². The number of rotatable bonds is 29. The molecule has 2 nitrogen and oxygen atoms in total.